The molecule has 2 rings (SSSR count). The Labute approximate surface area is 76.9 Å². The van der Waals surface area contributed by atoms with Crippen molar-refractivity contribution in [2.75, 3.05) is 11.9 Å². The summed E-state index contributed by atoms with van der Waals surface area (Å²) in [5.74, 6) is -0.281. The number of benzene rings is 1. The highest BCUT2D eigenvalue weighted by Gasteiger charge is 2.21. The minimum atomic E-state index is -0.220. The molecule has 3 nitrogen and oxygen atoms in total. The molecule has 3 heteroatoms. The minimum Gasteiger partial charge on any atom is -0.384 e. The Hall–Kier alpha value is -1.51. The molecule has 1 aromatic carbocycles. The Morgan fingerprint density at radius 2 is 2.23 bits per heavy atom. The van der Waals surface area contributed by atoms with Crippen LogP contribution in [-0.4, -0.2) is 12.5 Å². The third-order valence-electron chi connectivity index (χ3n) is 2.42. The molecule has 0 spiro atoms. The highest BCUT2D eigenvalue weighted by molar-refractivity contribution is 5.79. The smallest absolute Gasteiger partial charge is 0.222 e. The molecule has 1 atom stereocenters. The van der Waals surface area contributed by atoms with E-state index in [0.29, 0.717) is 6.54 Å². The number of primary amides is 1. The van der Waals surface area contributed by atoms with E-state index in [-0.39, 0.29) is 11.8 Å². The fraction of sp³-hybridized carbons (Fsp3) is 0.300. The molecule has 0 radical (unpaired) electrons. The summed E-state index contributed by atoms with van der Waals surface area (Å²) in [5.41, 5.74) is 7.55. The van der Waals surface area contributed by atoms with Crippen LogP contribution in [0, 0.1) is 5.92 Å². The fourth-order valence-corrected chi connectivity index (χ4v) is 1.64. The summed E-state index contributed by atoms with van der Waals surface area (Å²) in [6.07, 6.45) is 0.762. The molecule has 0 aromatic heterocycles. The van der Waals surface area contributed by atoms with Crippen LogP contribution in [0.25, 0.3) is 0 Å². The third-order valence-corrected chi connectivity index (χ3v) is 2.42. The lowest BCUT2D eigenvalue weighted by atomic mass is 9.94. The van der Waals surface area contributed by atoms with Crippen LogP contribution in [0.4, 0.5) is 5.69 Å². The summed E-state index contributed by atoms with van der Waals surface area (Å²) in [5, 5.41) is 3.19. The van der Waals surface area contributed by atoms with Gasteiger partial charge in [0.2, 0.25) is 5.91 Å². The molecule has 1 amide bonds. The zero-order chi connectivity index (χ0) is 9.26. The van der Waals surface area contributed by atoms with Gasteiger partial charge in [0.25, 0.3) is 0 Å². The van der Waals surface area contributed by atoms with E-state index in [0.717, 1.165) is 12.1 Å². The zero-order valence-electron chi connectivity index (χ0n) is 7.29. The number of hydrogen-bond donors (Lipinski definition) is 2. The van der Waals surface area contributed by atoms with Gasteiger partial charge in [-0.15, -0.1) is 0 Å². The van der Waals surface area contributed by atoms with E-state index in [1.54, 1.807) is 0 Å². The number of nitrogens with two attached hydrogens (primary N) is 1. The summed E-state index contributed by atoms with van der Waals surface area (Å²) in [6.45, 7) is 0.659. The number of rotatable bonds is 1. The van der Waals surface area contributed by atoms with Crippen LogP contribution in [0.2, 0.25) is 0 Å². The van der Waals surface area contributed by atoms with Crippen molar-refractivity contribution in [2.24, 2.45) is 11.7 Å². The average molecular weight is 176 g/mol. The van der Waals surface area contributed by atoms with Gasteiger partial charge in [0.05, 0.1) is 5.92 Å². The number of nitrogens with one attached hydrogen (secondary N) is 1. The number of amides is 1. The number of fused-ring (bicyclic) bond motifs is 1. The molecule has 3 N–H and O–H groups in total. The van der Waals surface area contributed by atoms with Crippen LogP contribution in [0.5, 0.6) is 0 Å². The molecule has 1 aliphatic heterocycles. The van der Waals surface area contributed by atoms with Crippen molar-refractivity contribution in [3.8, 4) is 0 Å². The fourth-order valence-electron chi connectivity index (χ4n) is 1.64. The predicted octanol–water partition coefficient (Wildman–Crippen LogP) is 0.756. The third kappa shape index (κ3) is 1.49. The molecule has 0 saturated heterocycles. The summed E-state index contributed by atoms with van der Waals surface area (Å²) in [7, 11) is 0. The van der Waals surface area contributed by atoms with Gasteiger partial charge in [-0.25, -0.2) is 0 Å². The highest BCUT2D eigenvalue weighted by atomic mass is 16.1. The molecule has 1 heterocycles. The van der Waals surface area contributed by atoms with Gasteiger partial charge in [-0.1, -0.05) is 18.2 Å². The molecule has 13 heavy (non-hydrogen) atoms. The first-order valence-corrected chi connectivity index (χ1v) is 4.38. The molecule has 0 fully saturated rings. The minimum absolute atomic E-state index is 0.0603. The Morgan fingerprint density at radius 1 is 1.46 bits per heavy atom. The van der Waals surface area contributed by atoms with Crippen molar-refractivity contribution in [3.63, 3.8) is 0 Å². The predicted molar refractivity (Wildman–Crippen MR) is 51.3 cm³/mol. The van der Waals surface area contributed by atoms with Crippen molar-refractivity contribution < 1.29 is 4.79 Å². The van der Waals surface area contributed by atoms with E-state index in [9.17, 15) is 4.79 Å². The standard InChI is InChI=1S/C10H12N2O/c11-10(13)8-5-7-3-1-2-4-9(7)12-6-8/h1-4,8,12H,5-6H2,(H2,11,13)/t8-/m1/s1. The maximum absolute atomic E-state index is 10.9. The highest BCUT2D eigenvalue weighted by Crippen LogP contribution is 2.23. The van der Waals surface area contributed by atoms with Gasteiger partial charge in [0.15, 0.2) is 0 Å². The van der Waals surface area contributed by atoms with Gasteiger partial charge in [-0.05, 0) is 18.1 Å². The summed E-state index contributed by atoms with van der Waals surface area (Å²) >= 11 is 0. The van der Waals surface area contributed by atoms with Gasteiger partial charge in [0.1, 0.15) is 0 Å². The van der Waals surface area contributed by atoms with Crippen LogP contribution >= 0.6 is 0 Å². The van der Waals surface area contributed by atoms with Gasteiger partial charge in [-0.2, -0.15) is 0 Å². The lowest BCUT2D eigenvalue weighted by Crippen LogP contribution is -2.34. The Kier molecular flexibility index (Phi) is 1.93. The quantitative estimate of drug-likeness (QED) is 0.663. The molecule has 0 bridgehead atoms. The van der Waals surface area contributed by atoms with E-state index in [2.05, 4.69) is 5.32 Å². The lowest BCUT2D eigenvalue weighted by molar-refractivity contribution is -0.121. The normalized spacial score (nSPS) is 20.2. The molecular formula is C10H12N2O. The molecule has 0 unspecified atom stereocenters. The SMILES string of the molecule is NC(=O)[C@H]1CNc2ccccc2C1. The van der Waals surface area contributed by atoms with Crippen molar-refractivity contribution in [3.05, 3.63) is 29.8 Å². The summed E-state index contributed by atoms with van der Waals surface area (Å²) in [4.78, 5) is 10.9. The summed E-state index contributed by atoms with van der Waals surface area (Å²) in [6, 6.07) is 8.00. The molecule has 1 aliphatic rings. The molecule has 0 aliphatic carbocycles. The maximum Gasteiger partial charge on any atom is 0.222 e. The van der Waals surface area contributed by atoms with E-state index in [4.69, 9.17) is 5.73 Å². The lowest BCUT2D eigenvalue weighted by Gasteiger charge is -2.23. The number of carbonyl (C=O) groups is 1. The molecule has 0 saturated carbocycles. The second kappa shape index (κ2) is 3.09. The second-order valence-electron chi connectivity index (χ2n) is 3.34. The molecule has 1 aromatic rings. The van der Waals surface area contributed by atoms with Crippen molar-refractivity contribution in [1.82, 2.24) is 0 Å². The number of hydrogen-bond acceptors (Lipinski definition) is 2. The van der Waals surface area contributed by atoms with Crippen molar-refractivity contribution >= 4 is 11.6 Å². The number of anilines is 1. The Bertz CT molecular complexity index is 335. The number of para-hydroxylation sites is 1. The zero-order valence-corrected chi connectivity index (χ0v) is 7.29. The van der Waals surface area contributed by atoms with E-state index >= 15 is 0 Å². The molecule has 68 valence electrons. The van der Waals surface area contributed by atoms with Gasteiger partial charge < -0.3 is 11.1 Å². The summed E-state index contributed by atoms with van der Waals surface area (Å²) < 4.78 is 0. The van der Waals surface area contributed by atoms with Crippen LogP contribution in [-0.2, 0) is 11.2 Å². The van der Waals surface area contributed by atoms with Crippen LogP contribution < -0.4 is 11.1 Å². The largest absolute Gasteiger partial charge is 0.384 e. The number of carbonyl (C=O) groups excluding carboxylic acids is 1. The topological polar surface area (TPSA) is 55.1 Å². The first-order chi connectivity index (χ1) is 6.27. The van der Waals surface area contributed by atoms with Gasteiger partial charge in [-0.3, -0.25) is 4.79 Å². The van der Waals surface area contributed by atoms with E-state index < -0.39 is 0 Å². The first-order valence-electron chi connectivity index (χ1n) is 4.38. The van der Waals surface area contributed by atoms with Crippen LogP contribution in [0.15, 0.2) is 24.3 Å². The Morgan fingerprint density at radius 3 is 3.00 bits per heavy atom. The average Bonchev–Trinajstić information content (AvgIpc) is 2.17. The van der Waals surface area contributed by atoms with Gasteiger partial charge >= 0.3 is 0 Å². The Balaban J connectivity index is 2.24. The van der Waals surface area contributed by atoms with Gasteiger partial charge in [0, 0.05) is 12.2 Å². The van der Waals surface area contributed by atoms with E-state index in [1.165, 1.54) is 5.56 Å². The van der Waals surface area contributed by atoms with Crippen molar-refractivity contribution in [1.29, 1.82) is 0 Å². The van der Waals surface area contributed by atoms with Crippen LogP contribution in [0.1, 0.15) is 5.56 Å². The first kappa shape index (κ1) is 8.10. The van der Waals surface area contributed by atoms with Crippen molar-refractivity contribution in [2.45, 2.75) is 6.42 Å². The maximum atomic E-state index is 10.9. The second-order valence-corrected chi connectivity index (χ2v) is 3.34. The monoisotopic (exact) mass is 176 g/mol. The van der Waals surface area contributed by atoms with E-state index in [1.807, 2.05) is 24.3 Å². The van der Waals surface area contributed by atoms with Crippen LogP contribution in [0.3, 0.4) is 0 Å². The molecular weight excluding hydrogens is 164 g/mol.